The van der Waals surface area contributed by atoms with Gasteiger partial charge in [0, 0.05) is 48.3 Å². The second-order valence-corrected chi connectivity index (χ2v) is 27.2. The van der Waals surface area contributed by atoms with Crippen LogP contribution in [0.25, 0.3) is 0 Å². The number of fused-ring (bicyclic) bond motifs is 5. The average molecular weight is 867 g/mol. The highest BCUT2D eigenvalue weighted by atomic mass is 16.3. The van der Waals surface area contributed by atoms with Crippen LogP contribution in [0.5, 0.6) is 0 Å². The Morgan fingerprint density at radius 3 is 1.70 bits per heavy atom. The van der Waals surface area contributed by atoms with Crippen molar-refractivity contribution in [3.63, 3.8) is 0 Å². The maximum absolute atomic E-state index is 13.7. The summed E-state index contributed by atoms with van der Waals surface area (Å²) in [5, 5.41) is 22.3. The van der Waals surface area contributed by atoms with Gasteiger partial charge in [-0.05, 0) is 181 Å². The van der Waals surface area contributed by atoms with Crippen LogP contribution in [-0.4, -0.2) is 52.1 Å². The number of nitrogens with zero attached hydrogens (tertiary/aromatic N) is 2. The van der Waals surface area contributed by atoms with Crippen LogP contribution in [0.2, 0.25) is 0 Å². The van der Waals surface area contributed by atoms with E-state index in [0.29, 0.717) is 22.9 Å². The molecule has 0 bridgehead atoms. The van der Waals surface area contributed by atoms with Crippen molar-refractivity contribution < 1.29 is 10.0 Å². The van der Waals surface area contributed by atoms with Gasteiger partial charge in [0.15, 0.2) is 0 Å². The van der Waals surface area contributed by atoms with Crippen LogP contribution in [0.3, 0.4) is 0 Å². The van der Waals surface area contributed by atoms with Crippen LogP contribution >= 0.6 is 0 Å². The highest BCUT2D eigenvalue weighted by Gasteiger charge is 2.68. The molecule has 1 saturated heterocycles. The summed E-state index contributed by atoms with van der Waals surface area (Å²) in [6, 6.07) is 2.98. The van der Waals surface area contributed by atoms with Gasteiger partial charge in [0.1, 0.15) is 12.1 Å². The van der Waals surface area contributed by atoms with E-state index in [4.69, 9.17) is 5.10 Å². The van der Waals surface area contributed by atoms with Crippen molar-refractivity contribution >= 4 is 5.71 Å². The molecule has 0 amide bonds. The van der Waals surface area contributed by atoms with Crippen molar-refractivity contribution in [3.8, 4) is 0 Å². The minimum atomic E-state index is -0.488. The first kappa shape index (κ1) is 44.9. The topological polar surface area (TPSA) is 40.3 Å². The molecule has 0 aromatic rings. The van der Waals surface area contributed by atoms with Crippen LogP contribution in [-0.2, 0) is 0 Å². The van der Waals surface area contributed by atoms with Gasteiger partial charge >= 0.3 is 0 Å². The third-order valence-corrected chi connectivity index (χ3v) is 24.7. The predicted octanol–water partition coefficient (Wildman–Crippen LogP) is 13.9. The highest BCUT2D eigenvalue weighted by Crippen LogP contribution is 2.71. The summed E-state index contributed by atoms with van der Waals surface area (Å²) in [5.74, 6) is 7.79. The molecule has 356 valence electrons. The quantitative estimate of drug-likeness (QED) is 0.255. The number of piperidine rings is 1. The van der Waals surface area contributed by atoms with Crippen LogP contribution in [0.4, 0.5) is 0 Å². The molecule has 2 aliphatic heterocycles. The van der Waals surface area contributed by atoms with E-state index in [1.54, 1.807) is 5.71 Å². The Balaban J connectivity index is 0.830. The van der Waals surface area contributed by atoms with E-state index in [1.807, 2.05) is 4.90 Å². The van der Waals surface area contributed by atoms with Gasteiger partial charge in [-0.3, -0.25) is 5.01 Å². The van der Waals surface area contributed by atoms with Crippen molar-refractivity contribution in [1.82, 2.24) is 5.01 Å². The molecule has 9 aliphatic carbocycles. The number of hydrazone groups is 1. The van der Waals surface area contributed by atoms with Crippen molar-refractivity contribution in [3.05, 3.63) is 0 Å². The zero-order valence-electron chi connectivity index (χ0n) is 41.7. The lowest BCUT2D eigenvalue weighted by atomic mass is 9.40. The fourth-order valence-corrected chi connectivity index (χ4v) is 20.7. The summed E-state index contributed by atoms with van der Waals surface area (Å²) in [6.45, 7) is 9.24. The number of likely N-dealkylation sites (tertiary alicyclic amines) is 1. The smallest absolute Gasteiger partial charge is 0.119 e. The summed E-state index contributed by atoms with van der Waals surface area (Å²) >= 11 is 0. The van der Waals surface area contributed by atoms with Gasteiger partial charge < -0.3 is 10.0 Å². The van der Waals surface area contributed by atoms with Crippen LogP contribution in [0, 0.1) is 69.5 Å². The van der Waals surface area contributed by atoms with Crippen molar-refractivity contribution in [1.29, 1.82) is 0 Å². The van der Waals surface area contributed by atoms with Crippen molar-refractivity contribution in [2.24, 2.45) is 74.6 Å². The van der Waals surface area contributed by atoms with E-state index >= 15 is 0 Å². The Labute approximate surface area is 388 Å². The molecule has 63 heavy (non-hydrogen) atoms. The van der Waals surface area contributed by atoms with Gasteiger partial charge in [-0.25, -0.2) is 0 Å². The van der Waals surface area contributed by atoms with Crippen LogP contribution in [0.1, 0.15) is 258 Å². The molecule has 4 heteroatoms. The largest absolute Gasteiger partial charge is 0.383 e. The van der Waals surface area contributed by atoms with Gasteiger partial charge in [0.2, 0.25) is 0 Å². The van der Waals surface area contributed by atoms with Crippen LogP contribution < -0.4 is 4.90 Å². The second-order valence-electron chi connectivity index (χ2n) is 27.2. The normalized spacial score (nSPS) is 48.6. The fourth-order valence-electron chi connectivity index (χ4n) is 20.7. The zero-order chi connectivity index (χ0) is 42.8. The molecule has 9 saturated carbocycles. The molecule has 10 unspecified atom stereocenters. The van der Waals surface area contributed by atoms with E-state index in [-0.39, 0.29) is 5.41 Å². The van der Waals surface area contributed by atoms with E-state index in [9.17, 15) is 5.11 Å². The molecule has 11 aliphatic rings. The SMILES string of the molecule is CC12CCCCC1(C)C1CCC3(C)C(CCC3(O)C[NH+]3C(C4CCCCC4)CC(C4CCC(N5N=C(C6CCCCC6)CC5C5CCCCC5)CC4)CC3C3CCCCC3)C1CC2. The standard InChI is InChI=1S/C59H99N3O/c1-56-33-16-17-34-57(56,2)50-31-36-58(3)51(49(50)30-35-56)32-37-59(58,63)41-61-53(44-20-10-5-11-21-44)38-47(39-54(61)45-22-12-6-13-23-45)42-26-28-48(29-27-42)62-55(46-24-14-7-15-25-46)40-52(60-62)43-18-8-4-9-19-43/h42-51,53-55,63H,4-41H2,1-3H3/p+1. The Morgan fingerprint density at radius 2 is 1.06 bits per heavy atom. The molecule has 0 radical (unpaired) electrons. The molecule has 10 fully saturated rings. The lowest BCUT2D eigenvalue weighted by Crippen LogP contribution is -3.23. The molecular formula is C59H100N3O+. The minimum absolute atomic E-state index is 0.105. The molecule has 4 nitrogen and oxygen atoms in total. The fraction of sp³-hybridized carbons (Fsp3) is 0.983. The van der Waals surface area contributed by atoms with Gasteiger partial charge in [-0.15, -0.1) is 0 Å². The Morgan fingerprint density at radius 1 is 0.508 bits per heavy atom. The molecular weight excluding hydrogens is 767 g/mol. The number of nitrogens with one attached hydrogen (secondary N) is 1. The van der Waals surface area contributed by atoms with Gasteiger partial charge in [0.05, 0.1) is 18.1 Å². The Kier molecular flexibility index (Phi) is 13.1. The van der Waals surface area contributed by atoms with E-state index in [0.717, 1.165) is 78.3 Å². The van der Waals surface area contributed by atoms with E-state index in [1.165, 1.54) is 231 Å². The van der Waals surface area contributed by atoms with Gasteiger partial charge in [-0.1, -0.05) is 111 Å². The van der Waals surface area contributed by atoms with E-state index < -0.39 is 5.60 Å². The number of hydrogen-bond donors (Lipinski definition) is 2. The number of aliphatic hydroxyl groups is 1. The third kappa shape index (κ3) is 8.11. The lowest BCUT2D eigenvalue weighted by Gasteiger charge is -2.65. The molecule has 2 heterocycles. The monoisotopic (exact) mass is 867 g/mol. The Bertz CT molecular complexity index is 1530. The van der Waals surface area contributed by atoms with Crippen molar-refractivity contribution in [2.45, 2.75) is 288 Å². The second kappa shape index (κ2) is 18.4. The van der Waals surface area contributed by atoms with E-state index in [2.05, 4.69) is 25.8 Å². The first-order valence-electron chi connectivity index (χ1n) is 29.6. The molecule has 0 spiro atoms. The Hall–Kier alpha value is -0.610. The van der Waals surface area contributed by atoms with Gasteiger partial charge in [-0.2, -0.15) is 5.10 Å². The third-order valence-electron chi connectivity index (χ3n) is 24.7. The lowest BCUT2D eigenvalue weighted by molar-refractivity contribution is -0.971. The van der Waals surface area contributed by atoms with Crippen LogP contribution in [0.15, 0.2) is 5.10 Å². The predicted molar refractivity (Wildman–Crippen MR) is 262 cm³/mol. The first-order chi connectivity index (χ1) is 30.7. The molecule has 2 N–H and O–H groups in total. The first-order valence-corrected chi connectivity index (χ1v) is 29.6. The molecule has 0 aromatic heterocycles. The molecule has 11 rings (SSSR count). The van der Waals surface area contributed by atoms with Gasteiger partial charge in [0.25, 0.3) is 0 Å². The molecule has 10 atom stereocenters. The number of rotatable bonds is 8. The summed E-state index contributed by atoms with van der Waals surface area (Å²) in [6.07, 6.45) is 53.1. The average Bonchev–Trinajstić information content (AvgIpc) is 3.89. The summed E-state index contributed by atoms with van der Waals surface area (Å²) in [7, 11) is 0. The highest BCUT2D eigenvalue weighted by molar-refractivity contribution is 5.88. The zero-order valence-corrected chi connectivity index (χ0v) is 41.7. The minimum Gasteiger partial charge on any atom is -0.383 e. The summed E-state index contributed by atoms with van der Waals surface area (Å²) in [4.78, 5) is 1.98. The molecule has 0 aromatic carbocycles. The number of hydrogen-bond acceptors (Lipinski definition) is 3. The maximum Gasteiger partial charge on any atom is 0.119 e. The number of quaternary nitrogens is 1. The summed E-state index contributed by atoms with van der Waals surface area (Å²) < 4.78 is 0. The summed E-state index contributed by atoms with van der Waals surface area (Å²) in [5.41, 5.74) is 2.34. The maximum atomic E-state index is 13.7. The van der Waals surface area contributed by atoms with Crippen molar-refractivity contribution in [2.75, 3.05) is 6.54 Å².